The third kappa shape index (κ3) is 4.33. The number of rotatable bonds is 3. The van der Waals surface area contributed by atoms with E-state index in [2.05, 4.69) is 4.40 Å². The van der Waals surface area contributed by atoms with E-state index in [0.29, 0.717) is 0 Å². The average molecular weight is 406 g/mol. The smallest absolute Gasteiger partial charge is 0.301 e. The number of alkyl halides is 3. The normalized spacial score (nSPS) is 13.0. The van der Waals surface area contributed by atoms with Gasteiger partial charge in [0, 0.05) is 11.9 Å². The van der Waals surface area contributed by atoms with Crippen molar-refractivity contribution in [3.8, 4) is 5.69 Å². The molecule has 0 N–H and O–H groups in total. The Morgan fingerprint density at radius 2 is 1.54 bits per heavy atom. The second-order valence-corrected chi connectivity index (χ2v) is 7.97. The van der Waals surface area contributed by atoms with E-state index in [9.17, 15) is 21.6 Å². The molecule has 146 valence electrons. The molecule has 4 nitrogen and oxygen atoms in total. The van der Waals surface area contributed by atoms with Gasteiger partial charge in [-0.2, -0.15) is 21.6 Å². The molecule has 0 unspecified atom stereocenters. The van der Waals surface area contributed by atoms with Crippen molar-refractivity contribution in [3.63, 3.8) is 0 Å². The molecule has 0 saturated heterocycles. The van der Waals surface area contributed by atoms with Crippen LogP contribution in [0.3, 0.4) is 0 Å². The minimum atomic E-state index is -4.51. The van der Waals surface area contributed by atoms with E-state index in [4.69, 9.17) is 0 Å². The van der Waals surface area contributed by atoms with Crippen LogP contribution in [0.2, 0.25) is 0 Å². The molecule has 0 saturated carbocycles. The summed E-state index contributed by atoms with van der Waals surface area (Å²) in [6.07, 6.45) is -2.97. The summed E-state index contributed by atoms with van der Waals surface area (Å²) in [7, 11) is -4.03. The molecule has 0 spiro atoms. The highest BCUT2D eigenvalue weighted by atomic mass is 32.2. The lowest BCUT2D eigenvalue weighted by Crippen LogP contribution is -2.21. The van der Waals surface area contributed by atoms with Crippen molar-refractivity contribution in [1.29, 1.82) is 0 Å². The highest BCUT2D eigenvalue weighted by Gasteiger charge is 2.30. The van der Waals surface area contributed by atoms with Crippen LogP contribution in [-0.2, 0) is 16.2 Å². The minimum Gasteiger partial charge on any atom is -0.301 e. The molecule has 0 aliphatic rings. The Morgan fingerprint density at radius 1 is 0.893 bits per heavy atom. The van der Waals surface area contributed by atoms with Crippen LogP contribution in [0.15, 0.2) is 76.2 Å². The van der Waals surface area contributed by atoms with Crippen LogP contribution >= 0.6 is 0 Å². The lowest BCUT2D eigenvalue weighted by molar-refractivity contribution is -0.137. The van der Waals surface area contributed by atoms with E-state index in [1.54, 1.807) is 31.3 Å². The Labute approximate surface area is 160 Å². The van der Waals surface area contributed by atoms with Crippen molar-refractivity contribution in [1.82, 2.24) is 4.57 Å². The predicted octanol–water partition coefficient (Wildman–Crippen LogP) is 4.40. The predicted molar refractivity (Wildman–Crippen MR) is 99.4 cm³/mol. The first-order chi connectivity index (χ1) is 13.1. The number of aryl methyl sites for hydroxylation is 2. The van der Waals surface area contributed by atoms with Gasteiger partial charge >= 0.3 is 6.18 Å². The van der Waals surface area contributed by atoms with Crippen molar-refractivity contribution in [2.75, 3.05) is 0 Å². The lowest BCUT2D eigenvalue weighted by Gasteiger charge is -2.12. The van der Waals surface area contributed by atoms with E-state index in [1.807, 2.05) is 6.92 Å². The van der Waals surface area contributed by atoms with Gasteiger partial charge < -0.3 is 4.57 Å². The zero-order chi connectivity index (χ0) is 20.5. The second kappa shape index (κ2) is 7.27. The number of aromatic nitrogens is 1. The van der Waals surface area contributed by atoms with E-state index < -0.39 is 21.8 Å². The summed E-state index contributed by atoms with van der Waals surface area (Å²) in [6.45, 7) is 3.58. The topological polar surface area (TPSA) is 51.4 Å². The maximum absolute atomic E-state index is 13.1. The van der Waals surface area contributed by atoms with Gasteiger partial charge in [-0.3, -0.25) is 0 Å². The number of sulfonamides is 1. The zero-order valence-electron chi connectivity index (χ0n) is 15.1. The Kier molecular flexibility index (Phi) is 5.16. The minimum absolute atomic E-state index is 0.00509. The number of hydrogen-bond donors (Lipinski definition) is 0. The fraction of sp³-hybridized carbons (Fsp3) is 0.150. The maximum atomic E-state index is 13.1. The zero-order valence-corrected chi connectivity index (χ0v) is 15.9. The number of halogens is 3. The Morgan fingerprint density at radius 3 is 2.18 bits per heavy atom. The fourth-order valence-electron chi connectivity index (χ4n) is 2.60. The Hall–Kier alpha value is -2.87. The molecule has 0 fully saturated rings. The Bertz CT molecular complexity index is 1180. The molecule has 8 heteroatoms. The van der Waals surface area contributed by atoms with Crippen molar-refractivity contribution >= 4 is 10.0 Å². The number of pyridine rings is 1. The first kappa shape index (κ1) is 19.9. The van der Waals surface area contributed by atoms with E-state index in [1.165, 1.54) is 34.9 Å². The van der Waals surface area contributed by atoms with E-state index in [0.717, 1.165) is 23.3 Å². The van der Waals surface area contributed by atoms with Gasteiger partial charge in [-0.25, -0.2) is 0 Å². The first-order valence-electron chi connectivity index (χ1n) is 8.31. The molecule has 0 amide bonds. The van der Waals surface area contributed by atoms with Gasteiger partial charge in [0.25, 0.3) is 10.0 Å². The van der Waals surface area contributed by atoms with Gasteiger partial charge in [0.05, 0.1) is 10.5 Å². The van der Waals surface area contributed by atoms with Gasteiger partial charge in [-0.05, 0) is 55.8 Å². The molecule has 1 aromatic heterocycles. The van der Waals surface area contributed by atoms with Gasteiger partial charge in [0.15, 0.2) is 5.49 Å². The summed E-state index contributed by atoms with van der Waals surface area (Å²) in [5.41, 5.74) is 0.977. The highest BCUT2D eigenvalue weighted by Crippen LogP contribution is 2.30. The molecule has 28 heavy (non-hydrogen) atoms. The fourth-order valence-corrected chi connectivity index (χ4v) is 3.58. The van der Waals surface area contributed by atoms with Crippen LogP contribution in [-0.4, -0.2) is 13.0 Å². The quantitative estimate of drug-likeness (QED) is 0.647. The number of hydrogen-bond acceptors (Lipinski definition) is 2. The summed E-state index contributed by atoms with van der Waals surface area (Å²) in [6, 6.07) is 13.9. The molecule has 0 aliphatic carbocycles. The van der Waals surface area contributed by atoms with Crippen LogP contribution in [0.5, 0.6) is 0 Å². The van der Waals surface area contributed by atoms with Crippen LogP contribution in [0.1, 0.15) is 16.7 Å². The molecular weight excluding hydrogens is 389 g/mol. The third-order valence-electron chi connectivity index (χ3n) is 4.06. The van der Waals surface area contributed by atoms with Crippen LogP contribution in [0.4, 0.5) is 13.2 Å². The van der Waals surface area contributed by atoms with Gasteiger partial charge in [-0.1, -0.05) is 29.8 Å². The third-order valence-corrected chi connectivity index (χ3v) is 5.35. The molecule has 0 aliphatic heterocycles. The van der Waals surface area contributed by atoms with Gasteiger partial charge in [0.1, 0.15) is 0 Å². The molecule has 3 rings (SSSR count). The summed E-state index contributed by atoms with van der Waals surface area (Å²) in [5.74, 6) is 0. The molecule has 0 bridgehead atoms. The van der Waals surface area contributed by atoms with E-state index >= 15 is 0 Å². The highest BCUT2D eigenvalue weighted by molar-refractivity contribution is 7.90. The molecule has 2 aromatic carbocycles. The molecule has 0 radical (unpaired) electrons. The van der Waals surface area contributed by atoms with Gasteiger partial charge in [-0.15, -0.1) is 4.40 Å². The summed E-state index contributed by atoms with van der Waals surface area (Å²) in [5, 5.41) is 0. The Balaban J connectivity index is 2.20. The van der Waals surface area contributed by atoms with E-state index in [-0.39, 0.29) is 16.1 Å². The van der Waals surface area contributed by atoms with Gasteiger partial charge in [0.2, 0.25) is 0 Å². The largest absolute Gasteiger partial charge is 0.416 e. The molecular formula is C20H17F3N2O2S. The van der Waals surface area contributed by atoms with Crippen molar-refractivity contribution in [2.24, 2.45) is 4.40 Å². The lowest BCUT2D eigenvalue weighted by atomic mass is 10.2. The van der Waals surface area contributed by atoms with Crippen molar-refractivity contribution < 1.29 is 21.6 Å². The SMILES string of the molecule is Cc1ccc(S(=O)(=O)N=c2ccc(C)cn2-c2cccc(C(F)(F)F)c2)cc1. The van der Waals surface area contributed by atoms with Crippen LogP contribution in [0, 0.1) is 13.8 Å². The average Bonchev–Trinajstić information content (AvgIpc) is 2.63. The molecule has 1 heterocycles. The summed E-state index contributed by atoms with van der Waals surface area (Å²) in [4.78, 5) is 0.00858. The summed E-state index contributed by atoms with van der Waals surface area (Å²) >= 11 is 0. The van der Waals surface area contributed by atoms with Crippen molar-refractivity contribution in [3.05, 3.63) is 89.0 Å². The van der Waals surface area contributed by atoms with Crippen molar-refractivity contribution in [2.45, 2.75) is 24.9 Å². The monoisotopic (exact) mass is 406 g/mol. The number of benzene rings is 2. The standard InChI is InChI=1S/C20H17F3N2O2S/c1-14-6-9-18(10-7-14)28(26,27)24-19-11-8-15(2)13-25(19)17-5-3-4-16(12-17)20(21,22)23/h3-13H,1-2H3. The first-order valence-corrected chi connectivity index (χ1v) is 9.75. The maximum Gasteiger partial charge on any atom is 0.416 e. The second-order valence-electron chi connectivity index (χ2n) is 6.36. The van der Waals surface area contributed by atoms with Crippen LogP contribution < -0.4 is 5.49 Å². The summed E-state index contributed by atoms with van der Waals surface area (Å²) < 4.78 is 69.7. The number of nitrogens with zero attached hydrogens (tertiary/aromatic N) is 2. The van der Waals surface area contributed by atoms with Crippen LogP contribution in [0.25, 0.3) is 5.69 Å². The molecule has 3 aromatic rings. The molecule has 0 atom stereocenters.